The lowest BCUT2D eigenvalue weighted by Gasteiger charge is -2.34. The van der Waals surface area contributed by atoms with E-state index in [1.807, 2.05) is 12.1 Å². The molecule has 30 heavy (non-hydrogen) atoms. The summed E-state index contributed by atoms with van der Waals surface area (Å²) in [6, 6.07) is 10.3. The molecule has 1 aromatic heterocycles. The minimum atomic E-state index is -0.232. The van der Waals surface area contributed by atoms with Gasteiger partial charge in [-0.2, -0.15) is 5.10 Å². The van der Waals surface area contributed by atoms with Crippen molar-refractivity contribution in [3.63, 3.8) is 0 Å². The zero-order valence-corrected chi connectivity index (χ0v) is 19.3. The molecule has 0 saturated heterocycles. The second-order valence-corrected chi connectivity index (χ2v) is 9.67. The third-order valence-corrected chi connectivity index (χ3v) is 5.79. The first kappa shape index (κ1) is 22.3. The van der Waals surface area contributed by atoms with Gasteiger partial charge in [-0.15, -0.1) is 0 Å². The number of hydrogen-bond acceptors (Lipinski definition) is 3. The SMILES string of the molecule is Cc1cccc(Cn2nc(C(C)(C)C)cc2C(=O)NN(C(N)=S)C2CCCCC2)c1. The Labute approximate surface area is 184 Å². The Morgan fingerprint density at radius 3 is 2.57 bits per heavy atom. The van der Waals surface area contributed by atoms with Gasteiger partial charge in [0.1, 0.15) is 5.69 Å². The first-order valence-electron chi connectivity index (χ1n) is 10.7. The highest BCUT2D eigenvalue weighted by molar-refractivity contribution is 7.80. The predicted molar refractivity (Wildman–Crippen MR) is 124 cm³/mol. The van der Waals surface area contributed by atoms with Gasteiger partial charge in [0, 0.05) is 5.41 Å². The second kappa shape index (κ2) is 9.16. The van der Waals surface area contributed by atoms with Gasteiger partial charge < -0.3 is 5.73 Å². The van der Waals surface area contributed by atoms with Crippen LogP contribution in [-0.4, -0.2) is 31.9 Å². The van der Waals surface area contributed by atoms with Crippen LogP contribution in [0.5, 0.6) is 0 Å². The molecule has 1 aliphatic rings. The van der Waals surface area contributed by atoms with Crippen molar-refractivity contribution in [1.29, 1.82) is 0 Å². The van der Waals surface area contributed by atoms with Crippen molar-refractivity contribution < 1.29 is 4.79 Å². The molecule has 6 nitrogen and oxygen atoms in total. The predicted octanol–water partition coefficient (Wildman–Crippen LogP) is 4.06. The zero-order valence-electron chi connectivity index (χ0n) is 18.4. The number of nitrogens with one attached hydrogen (secondary N) is 1. The summed E-state index contributed by atoms with van der Waals surface area (Å²) in [6.07, 6.45) is 5.42. The first-order valence-corrected chi connectivity index (χ1v) is 11.1. The van der Waals surface area contributed by atoms with Crippen LogP contribution in [-0.2, 0) is 12.0 Å². The highest BCUT2D eigenvalue weighted by Crippen LogP contribution is 2.24. The molecule has 1 aliphatic carbocycles. The number of aromatic nitrogens is 2. The number of carbonyl (C=O) groups is 1. The number of thiocarbonyl (C=S) groups is 1. The number of nitrogens with zero attached hydrogens (tertiary/aromatic N) is 3. The molecule has 1 fully saturated rings. The van der Waals surface area contributed by atoms with Gasteiger partial charge in [-0.25, -0.2) is 0 Å². The molecule has 0 bridgehead atoms. The molecule has 1 amide bonds. The fourth-order valence-corrected chi connectivity index (χ4v) is 4.10. The van der Waals surface area contributed by atoms with E-state index in [-0.39, 0.29) is 22.5 Å². The third-order valence-electron chi connectivity index (χ3n) is 5.60. The Morgan fingerprint density at radius 1 is 1.27 bits per heavy atom. The van der Waals surface area contributed by atoms with Crippen LogP contribution < -0.4 is 11.2 Å². The number of amides is 1. The van der Waals surface area contributed by atoms with Crippen molar-refractivity contribution in [3.8, 4) is 0 Å². The largest absolute Gasteiger partial charge is 0.375 e. The van der Waals surface area contributed by atoms with Gasteiger partial charge in [0.15, 0.2) is 5.11 Å². The van der Waals surface area contributed by atoms with E-state index in [0.29, 0.717) is 12.2 Å². The minimum Gasteiger partial charge on any atom is -0.375 e. The number of hydrazine groups is 1. The maximum absolute atomic E-state index is 13.3. The molecule has 7 heteroatoms. The average molecular weight is 428 g/mol. The van der Waals surface area contributed by atoms with Crippen LogP contribution in [0.1, 0.15) is 80.2 Å². The van der Waals surface area contributed by atoms with E-state index in [9.17, 15) is 4.79 Å². The zero-order chi connectivity index (χ0) is 21.9. The lowest BCUT2D eigenvalue weighted by molar-refractivity contribution is 0.0798. The number of hydrogen-bond donors (Lipinski definition) is 2. The fraction of sp³-hybridized carbons (Fsp3) is 0.522. The van der Waals surface area contributed by atoms with E-state index in [1.165, 1.54) is 12.0 Å². The van der Waals surface area contributed by atoms with Gasteiger partial charge in [0.2, 0.25) is 0 Å². The molecule has 162 valence electrons. The Bertz CT molecular complexity index is 909. The van der Waals surface area contributed by atoms with Crippen molar-refractivity contribution >= 4 is 23.2 Å². The van der Waals surface area contributed by atoms with Gasteiger partial charge in [-0.1, -0.05) is 69.9 Å². The second-order valence-electron chi connectivity index (χ2n) is 9.25. The standard InChI is InChI=1S/C23H33N5OS/c1-16-9-8-10-17(13-16)15-27-19(14-20(25-27)23(2,3)4)21(29)26-28(22(24)30)18-11-6-5-7-12-18/h8-10,13-14,18H,5-7,11-12,15H2,1-4H3,(H2,24,30)(H,26,29). The molecular weight excluding hydrogens is 394 g/mol. The number of aryl methyl sites for hydroxylation is 1. The van der Waals surface area contributed by atoms with E-state index in [0.717, 1.165) is 36.9 Å². The van der Waals surface area contributed by atoms with Crippen molar-refractivity contribution in [1.82, 2.24) is 20.2 Å². The van der Waals surface area contributed by atoms with Gasteiger partial charge in [-0.3, -0.25) is 19.9 Å². The van der Waals surface area contributed by atoms with E-state index in [2.05, 4.69) is 51.3 Å². The number of rotatable bonds is 4. The Hall–Kier alpha value is -2.41. The molecule has 1 aromatic carbocycles. The van der Waals surface area contributed by atoms with E-state index >= 15 is 0 Å². The highest BCUT2D eigenvalue weighted by Gasteiger charge is 2.27. The van der Waals surface area contributed by atoms with E-state index in [1.54, 1.807) is 9.69 Å². The van der Waals surface area contributed by atoms with Crippen molar-refractivity contribution in [2.45, 2.75) is 77.8 Å². The van der Waals surface area contributed by atoms with Crippen molar-refractivity contribution in [2.24, 2.45) is 5.73 Å². The molecular formula is C23H33N5OS. The normalized spacial score (nSPS) is 15.1. The molecule has 3 N–H and O–H groups in total. The monoisotopic (exact) mass is 427 g/mol. The molecule has 0 spiro atoms. The average Bonchev–Trinajstić information content (AvgIpc) is 3.11. The summed E-state index contributed by atoms with van der Waals surface area (Å²) < 4.78 is 1.78. The van der Waals surface area contributed by atoms with E-state index < -0.39 is 0 Å². The van der Waals surface area contributed by atoms with Gasteiger partial charge >= 0.3 is 0 Å². The molecule has 0 unspecified atom stereocenters. The van der Waals surface area contributed by atoms with Crippen LogP contribution >= 0.6 is 12.2 Å². The summed E-state index contributed by atoms with van der Waals surface area (Å²) in [4.78, 5) is 13.3. The van der Waals surface area contributed by atoms with Crippen LogP contribution in [0, 0.1) is 6.92 Å². The number of benzene rings is 1. The smallest absolute Gasteiger partial charge is 0.288 e. The van der Waals surface area contributed by atoms with Gasteiger partial charge in [0.05, 0.1) is 18.3 Å². The Balaban J connectivity index is 1.89. The molecule has 1 saturated carbocycles. The van der Waals surface area contributed by atoms with Crippen LogP contribution in [0.2, 0.25) is 0 Å². The summed E-state index contributed by atoms with van der Waals surface area (Å²) in [7, 11) is 0. The topological polar surface area (TPSA) is 76.2 Å². The van der Waals surface area contributed by atoms with Gasteiger partial charge in [-0.05, 0) is 43.6 Å². The molecule has 3 rings (SSSR count). The van der Waals surface area contributed by atoms with Crippen LogP contribution in [0.15, 0.2) is 30.3 Å². The molecule has 1 heterocycles. The van der Waals surface area contributed by atoms with Crippen LogP contribution in [0.25, 0.3) is 0 Å². The summed E-state index contributed by atoms with van der Waals surface area (Å²) in [5.74, 6) is -0.232. The number of carbonyl (C=O) groups excluding carboxylic acids is 1. The van der Waals surface area contributed by atoms with Gasteiger partial charge in [0.25, 0.3) is 5.91 Å². The maximum atomic E-state index is 13.3. The molecule has 0 atom stereocenters. The lowest BCUT2D eigenvalue weighted by Crippen LogP contribution is -2.54. The Kier molecular flexibility index (Phi) is 6.81. The maximum Gasteiger partial charge on any atom is 0.288 e. The molecule has 0 radical (unpaired) electrons. The van der Waals surface area contributed by atoms with Crippen LogP contribution in [0.3, 0.4) is 0 Å². The molecule has 0 aliphatic heterocycles. The summed E-state index contributed by atoms with van der Waals surface area (Å²) in [6.45, 7) is 8.87. The van der Waals surface area contributed by atoms with E-state index in [4.69, 9.17) is 23.1 Å². The fourth-order valence-electron chi connectivity index (χ4n) is 3.90. The lowest BCUT2D eigenvalue weighted by atomic mass is 9.92. The molecule has 2 aromatic rings. The minimum absolute atomic E-state index is 0.149. The summed E-state index contributed by atoms with van der Waals surface area (Å²) in [5, 5.41) is 6.65. The van der Waals surface area contributed by atoms with Crippen molar-refractivity contribution in [3.05, 3.63) is 52.8 Å². The van der Waals surface area contributed by atoms with Crippen LogP contribution in [0.4, 0.5) is 0 Å². The Morgan fingerprint density at radius 2 is 1.97 bits per heavy atom. The third kappa shape index (κ3) is 5.39. The number of nitrogens with two attached hydrogens (primary N) is 1. The quantitative estimate of drug-likeness (QED) is 0.568. The first-order chi connectivity index (χ1) is 14.1. The summed E-state index contributed by atoms with van der Waals surface area (Å²) in [5.41, 5.74) is 12.4. The van der Waals surface area contributed by atoms with Crippen molar-refractivity contribution in [2.75, 3.05) is 0 Å². The summed E-state index contributed by atoms with van der Waals surface area (Å²) >= 11 is 5.25. The highest BCUT2D eigenvalue weighted by atomic mass is 32.1.